The van der Waals surface area contributed by atoms with Crippen molar-refractivity contribution in [1.29, 1.82) is 0 Å². The molecule has 0 spiro atoms. The van der Waals surface area contributed by atoms with E-state index in [4.69, 9.17) is 0 Å². The van der Waals surface area contributed by atoms with E-state index in [0.29, 0.717) is 4.47 Å². The second-order valence-electron chi connectivity index (χ2n) is 3.29. The molecule has 2 rings (SSSR count). The van der Waals surface area contributed by atoms with Crippen molar-refractivity contribution in [3.63, 3.8) is 0 Å². The van der Waals surface area contributed by atoms with Crippen LogP contribution in [-0.2, 0) is 0 Å². The molecule has 2 aromatic rings. The van der Waals surface area contributed by atoms with Crippen molar-refractivity contribution >= 4 is 21.7 Å². The van der Waals surface area contributed by atoms with Crippen LogP contribution in [0.3, 0.4) is 0 Å². The van der Waals surface area contributed by atoms with Crippen LogP contribution in [0.15, 0.2) is 41.0 Å². The van der Waals surface area contributed by atoms with Gasteiger partial charge >= 0.3 is 0 Å². The molecule has 0 radical (unpaired) electrons. The average molecular weight is 298 g/mol. The van der Waals surface area contributed by atoms with Gasteiger partial charge in [0.2, 0.25) is 5.78 Å². The molecule has 86 valence electrons. The summed E-state index contributed by atoms with van der Waals surface area (Å²) in [5, 5.41) is 0. The Bertz CT molecular complexity index is 569. The Labute approximate surface area is 104 Å². The van der Waals surface area contributed by atoms with Gasteiger partial charge in [-0.15, -0.1) is 0 Å². The number of aromatic nitrogens is 1. The first-order valence-electron chi connectivity index (χ1n) is 4.70. The maximum absolute atomic E-state index is 13.4. The fourth-order valence-electron chi connectivity index (χ4n) is 1.33. The smallest absolute Gasteiger partial charge is 0.214 e. The maximum atomic E-state index is 13.4. The summed E-state index contributed by atoms with van der Waals surface area (Å²) in [7, 11) is 0. The number of pyridine rings is 1. The van der Waals surface area contributed by atoms with Gasteiger partial charge in [0.1, 0.15) is 5.69 Å². The van der Waals surface area contributed by atoms with Crippen LogP contribution >= 0.6 is 15.9 Å². The molecule has 0 unspecified atom stereocenters. The molecule has 0 fully saturated rings. The Morgan fingerprint density at radius 2 is 1.94 bits per heavy atom. The molecule has 5 heteroatoms. The maximum Gasteiger partial charge on any atom is 0.214 e. The van der Waals surface area contributed by atoms with E-state index < -0.39 is 17.4 Å². The molecule has 2 nitrogen and oxygen atoms in total. The third-order valence-corrected chi connectivity index (χ3v) is 2.63. The summed E-state index contributed by atoms with van der Waals surface area (Å²) in [6.07, 6.45) is 1.42. The number of carbonyl (C=O) groups excluding carboxylic acids is 1. The number of halogens is 3. The summed E-state index contributed by atoms with van der Waals surface area (Å²) < 4.78 is 27.1. The van der Waals surface area contributed by atoms with Gasteiger partial charge in [0, 0.05) is 10.7 Å². The van der Waals surface area contributed by atoms with E-state index in [0.717, 1.165) is 6.07 Å². The molecule has 0 aliphatic heterocycles. The molecule has 0 aliphatic rings. The molecule has 0 atom stereocenters. The largest absolute Gasteiger partial charge is 0.287 e. The summed E-state index contributed by atoms with van der Waals surface area (Å²) >= 11 is 3.17. The van der Waals surface area contributed by atoms with E-state index in [-0.39, 0.29) is 11.3 Å². The SMILES string of the molecule is O=C(c1ccc(Br)cn1)c1cccc(F)c1F. The standard InChI is InChI=1S/C12H6BrF2NO/c13-7-4-5-10(16-6-7)12(17)8-2-1-3-9(14)11(8)15/h1-6H. The number of rotatable bonds is 2. The van der Waals surface area contributed by atoms with E-state index in [1.165, 1.54) is 24.4 Å². The summed E-state index contributed by atoms with van der Waals surface area (Å²) in [6, 6.07) is 6.52. The molecule has 0 bridgehead atoms. The summed E-state index contributed by atoms with van der Waals surface area (Å²) in [5.74, 6) is -2.84. The highest BCUT2D eigenvalue weighted by molar-refractivity contribution is 9.10. The van der Waals surface area contributed by atoms with Crippen molar-refractivity contribution in [3.05, 3.63) is 63.9 Å². The Morgan fingerprint density at radius 3 is 2.59 bits per heavy atom. The second kappa shape index (κ2) is 4.71. The number of nitrogens with zero attached hydrogens (tertiary/aromatic N) is 1. The topological polar surface area (TPSA) is 30.0 Å². The van der Waals surface area contributed by atoms with Gasteiger partial charge < -0.3 is 0 Å². The molecule has 0 saturated carbocycles. The van der Waals surface area contributed by atoms with Gasteiger partial charge in [0.15, 0.2) is 11.6 Å². The van der Waals surface area contributed by atoms with Gasteiger partial charge in [-0.3, -0.25) is 9.78 Å². The first-order chi connectivity index (χ1) is 8.09. The highest BCUT2D eigenvalue weighted by Gasteiger charge is 2.17. The Balaban J connectivity index is 2.44. The van der Waals surface area contributed by atoms with Gasteiger partial charge in [0.25, 0.3) is 0 Å². The zero-order valence-electron chi connectivity index (χ0n) is 8.45. The lowest BCUT2D eigenvalue weighted by Crippen LogP contribution is -2.07. The van der Waals surface area contributed by atoms with Crippen LogP contribution in [0.2, 0.25) is 0 Å². The van der Waals surface area contributed by atoms with Crippen LogP contribution in [-0.4, -0.2) is 10.8 Å². The molecule has 0 amide bonds. The molecular formula is C12H6BrF2NO. The molecule has 0 aliphatic carbocycles. The normalized spacial score (nSPS) is 10.3. The van der Waals surface area contributed by atoms with Crippen molar-refractivity contribution in [2.24, 2.45) is 0 Å². The number of ketones is 1. The van der Waals surface area contributed by atoms with E-state index in [2.05, 4.69) is 20.9 Å². The van der Waals surface area contributed by atoms with Gasteiger partial charge in [0.05, 0.1) is 5.56 Å². The zero-order valence-corrected chi connectivity index (χ0v) is 10.0. The third kappa shape index (κ3) is 2.39. The van der Waals surface area contributed by atoms with Crippen LogP contribution in [0.4, 0.5) is 8.78 Å². The van der Waals surface area contributed by atoms with Crippen LogP contribution in [0, 0.1) is 11.6 Å². The average Bonchev–Trinajstić information content (AvgIpc) is 2.33. The van der Waals surface area contributed by atoms with Crippen LogP contribution in [0.5, 0.6) is 0 Å². The highest BCUT2D eigenvalue weighted by atomic mass is 79.9. The van der Waals surface area contributed by atoms with Crippen LogP contribution < -0.4 is 0 Å². The lowest BCUT2D eigenvalue weighted by Gasteiger charge is -2.02. The number of benzene rings is 1. The minimum atomic E-state index is -1.15. The van der Waals surface area contributed by atoms with Gasteiger partial charge in [-0.05, 0) is 40.2 Å². The van der Waals surface area contributed by atoms with Crippen molar-refractivity contribution in [1.82, 2.24) is 4.98 Å². The lowest BCUT2D eigenvalue weighted by atomic mass is 10.1. The second-order valence-corrected chi connectivity index (χ2v) is 4.21. The van der Waals surface area contributed by atoms with Gasteiger partial charge in [-0.2, -0.15) is 0 Å². The quantitative estimate of drug-likeness (QED) is 0.796. The summed E-state index contributed by atoms with van der Waals surface area (Å²) in [4.78, 5) is 15.7. The van der Waals surface area contributed by atoms with Crippen molar-refractivity contribution in [2.45, 2.75) is 0 Å². The van der Waals surface area contributed by atoms with Gasteiger partial charge in [-0.25, -0.2) is 8.78 Å². The van der Waals surface area contributed by atoms with Crippen LogP contribution in [0.25, 0.3) is 0 Å². The first-order valence-corrected chi connectivity index (χ1v) is 5.49. The fourth-order valence-corrected chi connectivity index (χ4v) is 1.56. The zero-order chi connectivity index (χ0) is 12.4. The van der Waals surface area contributed by atoms with Crippen LogP contribution in [0.1, 0.15) is 16.1 Å². The molecule has 17 heavy (non-hydrogen) atoms. The first kappa shape index (κ1) is 11.9. The number of hydrogen-bond acceptors (Lipinski definition) is 2. The molecule has 1 aromatic heterocycles. The summed E-state index contributed by atoms with van der Waals surface area (Å²) in [5.41, 5.74) is -0.252. The highest BCUT2D eigenvalue weighted by Crippen LogP contribution is 2.16. The molecule has 1 heterocycles. The third-order valence-electron chi connectivity index (χ3n) is 2.16. The lowest BCUT2D eigenvalue weighted by molar-refractivity contribution is 0.102. The van der Waals surface area contributed by atoms with E-state index >= 15 is 0 Å². The molecular weight excluding hydrogens is 292 g/mol. The predicted molar refractivity (Wildman–Crippen MR) is 61.7 cm³/mol. The molecule has 0 saturated heterocycles. The Hall–Kier alpha value is -1.62. The Kier molecular flexibility index (Phi) is 3.28. The minimum absolute atomic E-state index is 0.0673. The van der Waals surface area contributed by atoms with Crippen molar-refractivity contribution < 1.29 is 13.6 Å². The number of carbonyl (C=O) groups is 1. The molecule has 1 aromatic carbocycles. The summed E-state index contributed by atoms with van der Waals surface area (Å²) in [6.45, 7) is 0. The van der Waals surface area contributed by atoms with Crippen molar-refractivity contribution in [2.75, 3.05) is 0 Å². The molecule has 0 N–H and O–H groups in total. The van der Waals surface area contributed by atoms with Crippen molar-refractivity contribution in [3.8, 4) is 0 Å². The monoisotopic (exact) mass is 297 g/mol. The fraction of sp³-hybridized carbons (Fsp3) is 0. The van der Waals surface area contributed by atoms with Gasteiger partial charge in [-0.1, -0.05) is 6.07 Å². The predicted octanol–water partition coefficient (Wildman–Crippen LogP) is 3.35. The van der Waals surface area contributed by atoms with E-state index in [9.17, 15) is 13.6 Å². The minimum Gasteiger partial charge on any atom is -0.287 e. The Morgan fingerprint density at radius 1 is 1.18 bits per heavy atom. The van der Waals surface area contributed by atoms with E-state index in [1.807, 2.05) is 0 Å². The van der Waals surface area contributed by atoms with E-state index in [1.54, 1.807) is 6.07 Å². The number of hydrogen-bond donors (Lipinski definition) is 0.